The van der Waals surface area contributed by atoms with Gasteiger partial charge in [0.1, 0.15) is 0 Å². The van der Waals surface area contributed by atoms with E-state index in [0.717, 1.165) is 30.8 Å². The average molecular weight is 196 g/mol. The first-order valence-electron chi connectivity index (χ1n) is 5.22. The van der Waals surface area contributed by atoms with Gasteiger partial charge in [0.05, 0.1) is 5.69 Å². The number of aromatic amines is 1. The van der Waals surface area contributed by atoms with E-state index in [1.807, 2.05) is 0 Å². The molecule has 0 aromatic carbocycles. The molecule has 80 valence electrons. The third kappa shape index (κ3) is 3.47. The Kier molecular flexibility index (Phi) is 4.62. The average Bonchev–Trinajstić information content (AvgIpc) is 2.63. The number of nitrogens with one attached hydrogen (secondary N) is 2. The lowest BCUT2D eigenvalue weighted by molar-refractivity contribution is 0.550. The number of rotatable bonds is 6. The number of aryl methyl sites for hydroxylation is 1. The lowest BCUT2D eigenvalue weighted by Gasteiger charge is -2.08. The van der Waals surface area contributed by atoms with E-state index in [0.29, 0.717) is 12.6 Å². The van der Waals surface area contributed by atoms with Crippen LogP contribution in [0.3, 0.4) is 0 Å². The maximum Gasteiger partial charge on any atom is 0.0625 e. The van der Waals surface area contributed by atoms with Crippen molar-refractivity contribution in [3.8, 4) is 0 Å². The summed E-state index contributed by atoms with van der Waals surface area (Å²) in [5.74, 6) is 0. The second-order valence-corrected chi connectivity index (χ2v) is 3.65. The monoisotopic (exact) mass is 196 g/mol. The molecule has 1 aromatic heterocycles. The van der Waals surface area contributed by atoms with Gasteiger partial charge in [0, 0.05) is 24.8 Å². The Bertz CT molecular complexity index is 256. The van der Waals surface area contributed by atoms with Crippen molar-refractivity contribution >= 4 is 0 Å². The molecule has 4 heteroatoms. The minimum absolute atomic E-state index is 0.355. The number of nitrogens with zero attached hydrogens (tertiary/aromatic N) is 1. The standard InChI is InChI=1S/C10H20N4/c1-3-4-9-5-10(14-13-9)7-12-8(2)6-11/h5,8,12H,3-4,6-7,11H2,1-2H3,(H,13,14)/t8-/m1/s1. The normalized spacial score (nSPS) is 13.1. The summed E-state index contributed by atoms with van der Waals surface area (Å²) in [7, 11) is 0. The zero-order valence-electron chi connectivity index (χ0n) is 9.01. The molecule has 0 spiro atoms. The second-order valence-electron chi connectivity index (χ2n) is 3.65. The van der Waals surface area contributed by atoms with Crippen LogP contribution < -0.4 is 11.1 Å². The molecule has 0 bridgehead atoms. The summed E-state index contributed by atoms with van der Waals surface area (Å²) in [6.07, 6.45) is 2.18. The molecule has 4 N–H and O–H groups in total. The smallest absolute Gasteiger partial charge is 0.0625 e. The Morgan fingerprint density at radius 3 is 3.07 bits per heavy atom. The van der Waals surface area contributed by atoms with Crippen LogP contribution >= 0.6 is 0 Å². The molecule has 0 unspecified atom stereocenters. The van der Waals surface area contributed by atoms with Crippen LogP contribution in [-0.2, 0) is 13.0 Å². The molecule has 0 amide bonds. The van der Waals surface area contributed by atoms with Crippen LogP contribution in [0.25, 0.3) is 0 Å². The summed E-state index contributed by atoms with van der Waals surface area (Å²) < 4.78 is 0. The summed E-state index contributed by atoms with van der Waals surface area (Å²) in [4.78, 5) is 0. The van der Waals surface area contributed by atoms with Gasteiger partial charge in [-0.25, -0.2) is 0 Å². The first kappa shape index (κ1) is 11.2. The highest BCUT2D eigenvalue weighted by Crippen LogP contribution is 2.02. The fourth-order valence-electron chi connectivity index (χ4n) is 1.25. The number of H-pyrrole nitrogens is 1. The van der Waals surface area contributed by atoms with E-state index in [4.69, 9.17) is 5.73 Å². The summed E-state index contributed by atoms with van der Waals surface area (Å²) >= 11 is 0. The van der Waals surface area contributed by atoms with Crippen LogP contribution in [0.5, 0.6) is 0 Å². The molecule has 0 aliphatic carbocycles. The Labute approximate surface area is 85.3 Å². The molecule has 0 radical (unpaired) electrons. The minimum atomic E-state index is 0.355. The van der Waals surface area contributed by atoms with Gasteiger partial charge in [-0.05, 0) is 19.4 Å². The predicted molar refractivity (Wildman–Crippen MR) is 57.9 cm³/mol. The molecule has 0 saturated carbocycles. The van der Waals surface area contributed by atoms with Gasteiger partial charge < -0.3 is 11.1 Å². The van der Waals surface area contributed by atoms with Crippen molar-refractivity contribution in [2.24, 2.45) is 5.73 Å². The van der Waals surface area contributed by atoms with Crippen molar-refractivity contribution in [1.82, 2.24) is 15.5 Å². The van der Waals surface area contributed by atoms with Crippen LogP contribution in [0.1, 0.15) is 31.7 Å². The van der Waals surface area contributed by atoms with Crippen LogP contribution in [0.4, 0.5) is 0 Å². The van der Waals surface area contributed by atoms with E-state index in [-0.39, 0.29) is 0 Å². The molecule has 0 aliphatic heterocycles. The van der Waals surface area contributed by atoms with E-state index in [1.165, 1.54) is 0 Å². The molecule has 1 rings (SSSR count). The minimum Gasteiger partial charge on any atom is -0.329 e. The van der Waals surface area contributed by atoms with E-state index >= 15 is 0 Å². The van der Waals surface area contributed by atoms with Crippen LogP contribution in [-0.4, -0.2) is 22.8 Å². The summed E-state index contributed by atoms with van der Waals surface area (Å²) in [6, 6.07) is 2.47. The van der Waals surface area contributed by atoms with Crippen molar-refractivity contribution < 1.29 is 0 Å². The third-order valence-electron chi connectivity index (χ3n) is 2.18. The van der Waals surface area contributed by atoms with Gasteiger partial charge >= 0.3 is 0 Å². The second kappa shape index (κ2) is 5.78. The zero-order chi connectivity index (χ0) is 10.4. The summed E-state index contributed by atoms with van der Waals surface area (Å²) in [6.45, 7) is 5.71. The molecule has 0 saturated heterocycles. The molecule has 0 fully saturated rings. The molecule has 1 aromatic rings. The van der Waals surface area contributed by atoms with Gasteiger partial charge in [-0.3, -0.25) is 5.10 Å². The number of aromatic nitrogens is 2. The maximum absolute atomic E-state index is 5.50. The van der Waals surface area contributed by atoms with Gasteiger partial charge in [0.2, 0.25) is 0 Å². The SMILES string of the molecule is CCCc1cc(CN[C@H](C)CN)[nH]n1. The third-order valence-corrected chi connectivity index (χ3v) is 2.18. The first-order valence-corrected chi connectivity index (χ1v) is 5.22. The van der Waals surface area contributed by atoms with Crippen LogP contribution in [0.2, 0.25) is 0 Å². The Morgan fingerprint density at radius 1 is 1.64 bits per heavy atom. The fourth-order valence-corrected chi connectivity index (χ4v) is 1.25. The largest absolute Gasteiger partial charge is 0.329 e. The fraction of sp³-hybridized carbons (Fsp3) is 0.700. The van der Waals surface area contributed by atoms with Crippen molar-refractivity contribution in [3.63, 3.8) is 0 Å². The Balaban J connectivity index is 2.35. The van der Waals surface area contributed by atoms with Gasteiger partial charge in [0.25, 0.3) is 0 Å². The lowest BCUT2D eigenvalue weighted by Crippen LogP contribution is -2.32. The highest BCUT2D eigenvalue weighted by atomic mass is 15.1. The maximum atomic E-state index is 5.50. The highest BCUT2D eigenvalue weighted by Gasteiger charge is 2.01. The Hall–Kier alpha value is -0.870. The first-order chi connectivity index (χ1) is 6.76. The molecule has 4 nitrogen and oxygen atoms in total. The quantitative estimate of drug-likeness (QED) is 0.630. The topological polar surface area (TPSA) is 66.7 Å². The molecule has 1 atom stereocenters. The molecule has 1 heterocycles. The molecular formula is C10H20N4. The zero-order valence-corrected chi connectivity index (χ0v) is 9.01. The van der Waals surface area contributed by atoms with E-state index < -0.39 is 0 Å². The van der Waals surface area contributed by atoms with Crippen LogP contribution in [0.15, 0.2) is 6.07 Å². The van der Waals surface area contributed by atoms with E-state index in [2.05, 4.69) is 35.4 Å². The molecule has 14 heavy (non-hydrogen) atoms. The lowest BCUT2D eigenvalue weighted by atomic mass is 10.2. The van der Waals surface area contributed by atoms with Crippen molar-refractivity contribution in [3.05, 3.63) is 17.5 Å². The van der Waals surface area contributed by atoms with Crippen LogP contribution in [0, 0.1) is 0 Å². The van der Waals surface area contributed by atoms with Gasteiger partial charge in [0.15, 0.2) is 0 Å². The summed E-state index contributed by atoms with van der Waals surface area (Å²) in [5.41, 5.74) is 7.78. The Morgan fingerprint density at radius 2 is 2.43 bits per heavy atom. The van der Waals surface area contributed by atoms with Crippen molar-refractivity contribution in [1.29, 1.82) is 0 Å². The van der Waals surface area contributed by atoms with Gasteiger partial charge in [-0.2, -0.15) is 5.10 Å². The van der Waals surface area contributed by atoms with Crippen molar-refractivity contribution in [2.75, 3.05) is 6.54 Å². The van der Waals surface area contributed by atoms with Gasteiger partial charge in [-0.1, -0.05) is 13.3 Å². The predicted octanol–water partition coefficient (Wildman–Crippen LogP) is 0.799. The number of hydrogen-bond acceptors (Lipinski definition) is 3. The van der Waals surface area contributed by atoms with Crippen molar-refractivity contribution in [2.45, 2.75) is 39.3 Å². The van der Waals surface area contributed by atoms with E-state index in [1.54, 1.807) is 0 Å². The number of nitrogens with two attached hydrogens (primary N) is 1. The molecular weight excluding hydrogens is 176 g/mol. The number of hydrogen-bond donors (Lipinski definition) is 3. The highest BCUT2D eigenvalue weighted by molar-refractivity contribution is 5.08. The van der Waals surface area contributed by atoms with Gasteiger partial charge in [-0.15, -0.1) is 0 Å². The summed E-state index contributed by atoms with van der Waals surface area (Å²) in [5, 5.41) is 10.5. The van der Waals surface area contributed by atoms with E-state index in [9.17, 15) is 0 Å². The molecule has 0 aliphatic rings.